The zero-order chi connectivity index (χ0) is 21.0. The number of amides is 1. The molecule has 3 rings (SSSR count). The maximum Gasteiger partial charge on any atom is 0.407 e. The fraction of sp³-hybridized carbons (Fsp3) is 0.435. The summed E-state index contributed by atoms with van der Waals surface area (Å²) in [5.74, 6) is 1.36. The van der Waals surface area contributed by atoms with Crippen molar-refractivity contribution in [2.75, 3.05) is 20.2 Å². The molecule has 0 bridgehead atoms. The van der Waals surface area contributed by atoms with Gasteiger partial charge in [0, 0.05) is 17.5 Å². The summed E-state index contributed by atoms with van der Waals surface area (Å²) in [5, 5.41) is 10.3. The predicted molar refractivity (Wildman–Crippen MR) is 114 cm³/mol. The number of benzene rings is 2. The number of rotatable bonds is 6. The molecule has 29 heavy (non-hydrogen) atoms. The number of hydrogen-bond donors (Lipinski definition) is 1. The van der Waals surface area contributed by atoms with E-state index in [1.165, 1.54) is 4.90 Å². The van der Waals surface area contributed by atoms with Crippen LogP contribution in [0.15, 0.2) is 48.5 Å². The lowest BCUT2D eigenvalue weighted by atomic mass is 9.73. The third kappa shape index (κ3) is 5.22. The molecule has 0 spiro atoms. The summed E-state index contributed by atoms with van der Waals surface area (Å²) in [6.45, 7) is 5.54. The molecule has 5 nitrogen and oxygen atoms in total. The Morgan fingerprint density at radius 3 is 2.34 bits per heavy atom. The molecule has 2 aromatic rings. The molecule has 6 heteroatoms. The zero-order valence-electron chi connectivity index (χ0n) is 17.0. The van der Waals surface area contributed by atoms with Crippen molar-refractivity contribution in [3.05, 3.63) is 64.7 Å². The van der Waals surface area contributed by atoms with E-state index in [0.717, 1.165) is 16.9 Å². The van der Waals surface area contributed by atoms with Crippen molar-refractivity contribution in [1.82, 2.24) is 4.90 Å². The number of carboxylic acid groups (broad SMARTS) is 1. The van der Waals surface area contributed by atoms with Crippen molar-refractivity contribution >= 4 is 17.7 Å². The second-order valence-electron chi connectivity index (χ2n) is 7.87. The minimum absolute atomic E-state index is 0.0983. The topological polar surface area (TPSA) is 59.0 Å². The Labute approximate surface area is 177 Å². The molecule has 1 fully saturated rings. The fourth-order valence-electron chi connectivity index (χ4n) is 4.06. The Morgan fingerprint density at radius 2 is 1.79 bits per heavy atom. The largest absolute Gasteiger partial charge is 0.497 e. The van der Waals surface area contributed by atoms with Crippen LogP contribution in [0.5, 0.6) is 5.75 Å². The molecule has 1 N–H and O–H groups in total. The van der Waals surface area contributed by atoms with Crippen LogP contribution >= 0.6 is 11.6 Å². The van der Waals surface area contributed by atoms with Crippen molar-refractivity contribution in [2.45, 2.75) is 32.5 Å². The van der Waals surface area contributed by atoms with Crippen LogP contribution in [0.2, 0.25) is 5.02 Å². The van der Waals surface area contributed by atoms with E-state index < -0.39 is 6.09 Å². The third-order valence-corrected chi connectivity index (χ3v) is 5.95. The first-order valence-electron chi connectivity index (χ1n) is 9.87. The molecule has 0 saturated carbocycles. The first kappa shape index (κ1) is 21.5. The number of likely N-dealkylation sites (tertiary alicyclic amines) is 1. The van der Waals surface area contributed by atoms with Gasteiger partial charge < -0.3 is 19.5 Å². The van der Waals surface area contributed by atoms with Gasteiger partial charge in [-0.15, -0.1) is 0 Å². The smallest absolute Gasteiger partial charge is 0.407 e. The van der Waals surface area contributed by atoms with Crippen LogP contribution in [0, 0.1) is 11.8 Å². The van der Waals surface area contributed by atoms with Gasteiger partial charge in [0.2, 0.25) is 0 Å². The molecular weight excluding hydrogens is 390 g/mol. The summed E-state index contributed by atoms with van der Waals surface area (Å²) in [6.07, 6.45) is -1.14. The third-order valence-electron chi connectivity index (χ3n) is 5.70. The van der Waals surface area contributed by atoms with Gasteiger partial charge in [0.15, 0.2) is 0 Å². The molecule has 3 unspecified atom stereocenters. The summed E-state index contributed by atoms with van der Waals surface area (Å²) in [6, 6.07) is 15.6. The molecule has 3 atom stereocenters. The van der Waals surface area contributed by atoms with E-state index in [2.05, 4.69) is 13.8 Å². The SMILES string of the molecule is COc1ccc(COC2CN(C(=O)O)CC(C(C)C)C2c2ccc(Cl)cc2)cc1. The van der Waals surface area contributed by atoms with Gasteiger partial charge in [0.05, 0.1) is 26.4 Å². The number of hydrogen-bond acceptors (Lipinski definition) is 3. The molecule has 0 radical (unpaired) electrons. The Bertz CT molecular complexity index is 807. The van der Waals surface area contributed by atoms with Crippen molar-refractivity contribution in [3.63, 3.8) is 0 Å². The van der Waals surface area contributed by atoms with Crippen molar-refractivity contribution in [2.24, 2.45) is 11.8 Å². The first-order valence-corrected chi connectivity index (χ1v) is 10.2. The summed E-state index contributed by atoms with van der Waals surface area (Å²) < 4.78 is 11.5. The molecule has 0 aromatic heterocycles. The van der Waals surface area contributed by atoms with Crippen LogP contribution in [-0.4, -0.2) is 42.4 Å². The fourth-order valence-corrected chi connectivity index (χ4v) is 4.18. The van der Waals surface area contributed by atoms with Gasteiger partial charge in [0.1, 0.15) is 5.75 Å². The molecule has 1 amide bonds. The lowest BCUT2D eigenvalue weighted by molar-refractivity contribution is -0.0473. The summed E-state index contributed by atoms with van der Waals surface area (Å²) in [4.78, 5) is 13.2. The summed E-state index contributed by atoms with van der Waals surface area (Å²) in [7, 11) is 1.64. The number of halogens is 1. The van der Waals surface area contributed by atoms with E-state index in [9.17, 15) is 9.90 Å². The molecule has 1 heterocycles. The highest BCUT2D eigenvalue weighted by Gasteiger charge is 2.41. The minimum atomic E-state index is -0.900. The molecular formula is C23H28ClNO4. The molecule has 2 aromatic carbocycles. The average Bonchev–Trinajstić information content (AvgIpc) is 2.72. The predicted octanol–water partition coefficient (Wildman–Crippen LogP) is 5.28. The number of ether oxygens (including phenoxy) is 2. The van der Waals surface area contributed by atoms with Gasteiger partial charge in [-0.25, -0.2) is 4.79 Å². The maximum absolute atomic E-state index is 11.7. The maximum atomic E-state index is 11.7. The van der Waals surface area contributed by atoms with Gasteiger partial charge in [-0.2, -0.15) is 0 Å². The highest BCUT2D eigenvalue weighted by atomic mass is 35.5. The van der Waals surface area contributed by atoms with Crippen LogP contribution in [0.4, 0.5) is 4.79 Å². The van der Waals surface area contributed by atoms with Crippen LogP contribution < -0.4 is 4.74 Å². The Kier molecular flexibility index (Phi) is 7.04. The number of carbonyl (C=O) groups is 1. The zero-order valence-corrected chi connectivity index (χ0v) is 17.8. The van der Waals surface area contributed by atoms with Gasteiger partial charge in [-0.1, -0.05) is 49.7 Å². The first-order chi connectivity index (χ1) is 13.9. The average molecular weight is 418 g/mol. The second-order valence-corrected chi connectivity index (χ2v) is 8.31. The molecule has 1 aliphatic rings. The van der Waals surface area contributed by atoms with E-state index in [1.54, 1.807) is 7.11 Å². The standard InChI is InChI=1S/C23H28ClNO4/c1-15(2)20-12-25(23(26)27)13-21(22(20)17-6-8-18(24)9-7-17)29-14-16-4-10-19(28-3)11-5-16/h4-11,15,20-22H,12-14H2,1-3H3,(H,26,27). The van der Waals surface area contributed by atoms with Crippen molar-refractivity contribution in [1.29, 1.82) is 0 Å². The normalized spacial score (nSPS) is 22.0. The quantitative estimate of drug-likeness (QED) is 0.694. The molecule has 156 valence electrons. The van der Waals surface area contributed by atoms with Gasteiger partial charge in [0.25, 0.3) is 0 Å². The molecule has 1 saturated heterocycles. The number of methoxy groups -OCH3 is 1. The van der Waals surface area contributed by atoms with E-state index >= 15 is 0 Å². The highest BCUT2D eigenvalue weighted by molar-refractivity contribution is 6.30. The van der Waals surface area contributed by atoms with Crippen LogP contribution in [0.3, 0.4) is 0 Å². The summed E-state index contributed by atoms with van der Waals surface area (Å²) in [5.41, 5.74) is 2.16. The second kappa shape index (κ2) is 9.51. The minimum Gasteiger partial charge on any atom is -0.497 e. The Morgan fingerprint density at radius 1 is 1.14 bits per heavy atom. The molecule has 1 aliphatic heterocycles. The molecule has 0 aliphatic carbocycles. The lowest BCUT2D eigenvalue weighted by Crippen LogP contribution is -2.52. The number of nitrogens with zero attached hydrogens (tertiary/aromatic N) is 1. The lowest BCUT2D eigenvalue weighted by Gasteiger charge is -2.44. The van der Waals surface area contributed by atoms with Gasteiger partial charge in [-0.3, -0.25) is 0 Å². The summed E-state index contributed by atoms with van der Waals surface area (Å²) >= 11 is 6.09. The van der Waals surface area contributed by atoms with E-state index in [4.69, 9.17) is 21.1 Å². The van der Waals surface area contributed by atoms with Crippen molar-refractivity contribution < 1.29 is 19.4 Å². The van der Waals surface area contributed by atoms with E-state index in [-0.39, 0.29) is 17.9 Å². The Hall–Kier alpha value is -2.24. The van der Waals surface area contributed by atoms with Crippen LogP contribution in [0.1, 0.15) is 30.9 Å². The van der Waals surface area contributed by atoms with Gasteiger partial charge in [-0.05, 0) is 47.2 Å². The monoisotopic (exact) mass is 417 g/mol. The van der Waals surface area contributed by atoms with Crippen LogP contribution in [-0.2, 0) is 11.3 Å². The van der Waals surface area contributed by atoms with Crippen LogP contribution in [0.25, 0.3) is 0 Å². The number of piperidine rings is 1. The highest BCUT2D eigenvalue weighted by Crippen LogP contribution is 2.39. The van der Waals surface area contributed by atoms with Crippen molar-refractivity contribution in [3.8, 4) is 5.75 Å². The van der Waals surface area contributed by atoms with Gasteiger partial charge >= 0.3 is 6.09 Å². The van der Waals surface area contributed by atoms with E-state index in [1.807, 2.05) is 48.5 Å². The van der Waals surface area contributed by atoms with E-state index in [0.29, 0.717) is 30.6 Å². The Balaban J connectivity index is 1.86.